The number of alkyl halides is 3. The predicted molar refractivity (Wildman–Crippen MR) is 106 cm³/mol. The van der Waals surface area contributed by atoms with Gasteiger partial charge >= 0.3 is 12.2 Å². The van der Waals surface area contributed by atoms with E-state index < -0.39 is 11.7 Å². The summed E-state index contributed by atoms with van der Waals surface area (Å²) in [5.41, 5.74) is 0.0500. The van der Waals surface area contributed by atoms with Crippen molar-refractivity contribution in [1.82, 2.24) is 19.8 Å². The summed E-state index contributed by atoms with van der Waals surface area (Å²) in [4.78, 5) is 24.4. The van der Waals surface area contributed by atoms with E-state index in [4.69, 9.17) is 4.74 Å². The summed E-state index contributed by atoms with van der Waals surface area (Å²) in [6, 6.07) is 3.37. The number of carbonyl (C=O) groups is 1. The third-order valence-corrected chi connectivity index (χ3v) is 5.64. The van der Waals surface area contributed by atoms with Gasteiger partial charge in [0.1, 0.15) is 5.75 Å². The Hall–Kier alpha value is -2.40. The highest BCUT2D eigenvalue weighted by Crippen LogP contribution is 2.40. The van der Waals surface area contributed by atoms with Gasteiger partial charge in [-0.15, -0.1) is 0 Å². The van der Waals surface area contributed by atoms with Gasteiger partial charge in [0.05, 0.1) is 16.6 Å². The third-order valence-electron chi connectivity index (χ3n) is 5.23. The number of anilines is 1. The minimum Gasteiger partial charge on any atom is -0.493 e. The van der Waals surface area contributed by atoms with Crippen LogP contribution < -0.4 is 10.1 Å². The Balaban J connectivity index is 1.39. The second kappa shape index (κ2) is 8.38. The van der Waals surface area contributed by atoms with Gasteiger partial charge in [-0.05, 0) is 28.1 Å². The number of halogens is 4. The van der Waals surface area contributed by atoms with Crippen LogP contribution in [0.15, 0.2) is 35.1 Å². The lowest BCUT2D eigenvalue weighted by atomic mass is 9.96. The van der Waals surface area contributed by atoms with Gasteiger partial charge < -0.3 is 9.64 Å². The van der Waals surface area contributed by atoms with Crippen molar-refractivity contribution in [3.05, 3.63) is 46.2 Å². The van der Waals surface area contributed by atoms with Crippen LogP contribution in [0.2, 0.25) is 0 Å². The molecule has 1 unspecified atom stereocenters. The highest BCUT2D eigenvalue weighted by molar-refractivity contribution is 9.10. The van der Waals surface area contributed by atoms with Crippen molar-refractivity contribution in [1.29, 1.82) is 0 Å². The molecule has 2 amide bonds. The quantitative estimate of drug-likeness (QED) is 0.697. The van der Waals surface area contributed by atoms with Crippen LogP contribution in [0.3, 0.4) is 0 Å². The number of nitrogens with one attached hydrogen (secondary N) is 1. The number of piperazine rings is 1. The second-order valence-electron chi connectivity index (χ2n) is 7.08. The van der Waals surface area contributed by atoms with Gasteiger partial charge in [-0.2, -0.15) is 13.2 Å². The SMILES string of the molecule is O=C(Nc1ncc(Br)cn1)N1CCN(C2CCOc3cc(C(F)(F)F)ccc32)CC1. The van der Waals surface area contributed by atoms with Crippen molar-refractivity contribution < 1.29 is 22.7 Å². The normalized spacial score (nSPS) is 19.7. The molecule has 0 aliphatic carbocycles. The zero-order valence-corrected chi connectivity index (χ0v) is 17.4. The number of rotatable bonds is 2. The summed E-state index contributed by atoms with van der Waals surface area (Å²) in [7, 11) is 0. The van der Waals surface area contributed by atoms with E-state index in [-0.39, 0.29) is 23.8 Å². The molecule has 160 valence electrons. The first-order chi connectivity index (χ1) is 14.3. The van der Waals surface area contributed by atoms with E-state index in [0.29, 0.717) is 43.7 Å². The average molecular weight is 486 g/mol. The van der Waals surface area contributed by atoms with Gasteiger partial charge in [0.2, 0.25) is 5.95 Å². The van der Waals surface area contributed by atoms with E-state index in [9.17, 15) is 18.0 Å². The molecule has 30 heavy (non-hydrogen) atoms. The van der Waals surface area contributed by atoms with Crippen LogP contribution in [0.5, 0.6) is 5.75 Å². The van der Waals surface area contributed by atoms with E-state index in [0.717, 1.165) is 17.7 Å². The maximum Gasteiger partial charge on any atom is 0.416 e. The highest BCUT2D eigenvalue weighted by atomic mass is 79.9. The van der Waals surface area contributed by atoms with Crippen LogP contribution >= 0.6 is 15.9 Å². The Kier molecular flexibility index (Phi) is 5.83. The number of amides is 2. The summed E-state index contributed by atoms with van der Waals surface area (Å²) < 4.78 is 45.2. The lowest BCUT2D eigenvalue weighted by Crippen LogP contribution is -2.51. The summed E-state index contributed by atoms with van der Waals surface area (Å²) in [5.74, 6) is 0.512. The highest BCUT2D eigenvalue weighted by Gasteiger charge is 2.35. The van der Waals surface area contributed by atoms with E-state index >= 15 is 0 Å². The molecule has 1 saturated heterocycles. The van der Waals surface area contributed by atoms with Gasteiger partial charge in [0, 0.05) is 56.6 Å². The number of benzene rings is 1. The fraction of sp³-hybridized carbons (Fsp3) is 0.421. The number of ether oxygens (including phenoxy) is 1. The van der Waals surface area contributed by atoms with Crippen molar-refractivity contribution in [2.24, 2.45) is 0 Å². The number of hydrogen-bond acceptors (Lipinski definition) is 5. The molecular formula is C19H19BrF3N5O2. The zero-order chi connectivity index (χ0) is 21.3. The Labute approximate surface area is 179 Å². The molecule has 0 saturated carbocycles. The molecule has 0 bridgehead atoms. The first-order valence-corrected chi connectivity index (χ1v) is 10.2. The van der Waals surface area contributed by atoms with Crippen LogP contribution in [0.25, 0.3) is 0 Å². The number of fused-ring (bicyclic) bond motifs is 1. The molecule has 2 aromatic rings. The van der Waals surface area contributed by atoms with Crippen molar-refractivity contribution in [3.8, 4) is 5.75 Å². The van der Waals surface area contributed by atoms with Crippen LogP contribution in [-0.2, 0) is 6.18 Å². The van der Waals surface area contributed by atoms with E-state index in [1.807, 2.05) is 0 Å². The summed E-state index contributed by atoms with van der Waals surface area (Å²) >= 11 is 3.24. The average Bonchev–Trinajstić information content (AvgIpc) is 2.74. The molecule has 1 fully saturated rings. The molecule has 0 spiro atoms. The Bertz CT molecular complexity index is 917. The van der Waals surface area contributed by atoms with E-state index in [1.165, 1.54) is 6.07 Å². The molecule has 4 rings (SSSR count). The molecule has 0 radical (unpaired) electrons. The number of carbonyl (C=O) groups excluding carboxylic acids is 1. The lowest BCUT2D eigenvalue weighted by molar-refractivity contribution is -0.137. The maximum absolute atomic E-state index is 13.0. The van der Waals surface area contributed by atoms with Crippen LogP contribution in [-0.4, -0.2) is 58.6 Å². The molecule has 1 aromatic carbocycles. The third kappa shape index (κ3) is 4.51. The molecule has 1 N–H and O–H groups in total. The van der Waals surface area contributed by atoms with Crippen LogP contribution in [0.4, 0.5) is 23.9 Å². The van der Waals surface area contributed by atoms with Gasteiger partial charge in [0.15, 0.2) is 0 Å². The van der Waals surface area contributed by atoms with Crippen LogP contribution in [0, 0.1) is 0 Å². The maximum atomic E-state index is 13.0. The lowest BCUT2D eigenvalue weighted by Gasteiger charge is -2.41. The smallest absolute Gasteiger partial charge is 0.416 e. The first-order valence-electron chi connectivity index (χ1n) is 9.43. The predicted octanol–water partition coefficient (Wildman–Crippen LogP) is 3.93. The van der Waals surface area contributed by atoms with Gasteiger partial charge in [-0.25, -0.2) is 14.8 Å². The molecule has 1 atom stereocenters. The standard InChI is InChI=1S/C19H19BrF3N5O2/c20-13-10-24-17(25-11-13)26-18(29)28-6-4-27(5-7-28)15-3-8-30-16-9-12(19(21,22)23)1-2-14(15)16/h1-2,9-11,15H,3-8H2,(H,24,25,26,29). The molecule has 2 aliphatic heterocycles. The number of aromatic nitrogens is 2. The molecule has 3 heterocycles. The molecule has 7 nitrogen and oxygen atoms in total. The van der Waals surface area contributed by atoms with Gasteiger partial charge in [-0.1, -0.05) is 6.07 Å². The topological polar surface area (TPSA) is 70.6 Å². The summed E-state index contributed by atoms with van der Waals surface area (Å²) in [6.07, 6.45) is -0.610. The summed E-state index contributed by atoms with van der Waals surface area (Å²) in [5, 5.41) is 2.67. The van der Waals surface area contributed by atoms with E-state index in [1.54, 1.807) is 17.3 Å². The minimum atomic E-state index is -4.40. The molecular weight excluding hydrogens is 467 g/mol. The first kappa shape index (κ1) is 20.9. The van der Waals surface area contributed by atoms with E-state index in [2.05, 4.69) is 36.1 Å². The van der Waals surface area contributed by atoms with Crippen LogP contribution in [0.1, 0.15) is 23.6 Å². The van der Waals surface area contributed by atoms with Crippen molar-refractivity contribution >= 4 is 27.9 Å². The largest absolute Gasteiger partial charge is 0.493 e. The van der Waals surface area contributed by atoms with Crippen molar-refractivity contribution in [2.75, 3.05) is 38.1 Å². The fourth-order valence-corrected chi connectivity index (χ4v) is 3.92. The Morgan fingerprint density at radius 2 is 1.87 bits per heavy atom. The Morgan fingerprint density at radius 1 is 1.17 bits per heavy atom. The Morgan fingerprint density at radius 3 is 2.53 bits per heavy atom. The zero-order valence-electron chi connectivity index (χ0n) is 15.8. The second-order valence-corrected chi connectivity index (χ2v) is 8.00. The monoisotopic (exact) mass is 485 g/mol. The number of nitrogens with zero attached hydrogens (tertiary/aromatic N) is 4. The minimum absolute atomic E-state index is 0.0314. The molecule has 11 heteroatoms. The van der Waals surface area contributed by atoms with Crippen molar-refractivity contribution in [3.63, 3.8) is 0 Å². The molecule has 2 aliphatic rings. The van der Waals surface area contributed by atoms with Gasteiger partial charge in [-0.3, -0.25) is 10.2 Å². The fourth-order valence-electron chi connectivity index (χ4n) is 3.71. The van der Waals surface area contributed by atoms with Gasteiger partial charge in [0.25, 0.3) is 0 Å². The number of urea groups is 1. The molecule has 1 aromatic heterocycles. The number of hydrogen-bond donors (Lipinski definition) is 1. The van der Waals surface area contributed by atoms with Crippen molar-refractivity contribution in [2.45, 2.75) is 18.6 Å². The summed E-state index contributed by atoms with van der Waals surface area (Å²) in [6.45, 7) is 2.57.